The van der Waals surface area contributed by atoms with Crippen molar-refractivity contribution in [2.24, 2.45) is 0 Å². The number of rotatable bonds is 4. The van der Waals surface area contributed by atoms with Gasteiger partial charge in [0.1, 0.15) is 5.75 Å². The molecule has 0 unspecified atom stereocenters. The molecule has 2 rings (SSSR count). The molecule has 2 N–H and O–H groups in total. The summed E-state index contributed by atoms with van der Waals surface area (Å²) >= 11 is 9.37. The Hall–Kier alpha value is -1.03. The first-order chi connectivity index (χ1) is 8.66. The lowest BCUT2D eigenvalue weighted by Gasteiger charge is -2.07. The average molecular weight is 327 g/mol. The van der Waals surface area contributed by atoms with Crippen LogP contribution < -0.4 is 5.32 Å². The monoisotopic (exact) mass is 325 g/mol. The molecule has 4 heteroatoms. The van der Waals surface area contributed by atoms with E-state index in [0.29, 0.717) is 4.47 Å². The second kappa shape index (κ2) is 6.23. The fraction of sp³-hybridized carbons (Fsp3) is 0.143. The van der Waals surface area contributed by atoms with Gasteiger partial charge in [-0.05, 0) is 45.3 Å². The molecule has 0 spiro atoms. The fourth-order valence-corrected chi connectivity index (χ4v) is 2.27. The van der Waals surface area contributed by atoms with Crippen molar-refractivity contribution < 1.29 is 5.11 Å². The molecule has 0 saturated carbocycles. The van der Waals surface area contributed by atoms with Crippen LogP contribution in [0.25, 0.3) is 0 Å². The molecule has 0 radical (unpaired) electrons. The SMILES string of the molecule is Oc1ccc(CNCc2ccccc2Cl)cc1Br. The first kappa shape index (κ1) is 13.4. The number of nitrogens with one attached hydrogen (secondary N) is 1. The highest BCUT2D eigenvalue weighted by Crippen LogP contribution is 2.24. The second-order valence-electron chi connectivity index (χ2n) is 3.98. The van der Waals surface area contributed by atoms with Gasteiger partial charge >= 0.3 is 0 Å². The Morgan fingerprint density at radius 1 is 1.11 bits per heavy atom. The molecule has 0 aliphatic rings. The van der Waals surface area contributed by atoms with Crippen molar-refractivity contribution in [2.75, 3.05) is 0 Å². The molecule has 94 valence electrons. The van der Waals surface area contributed by atoms with E-state index in [1.165, 1.54) is 0 Å². The first-order valence-electron chi connectivity index (χ1n) is 5.58. The summed E-state index contributed by atoms with van der Waals surface area (Å²) in [4.78, 5) is 0. The highest BCUT2D eigenvalue weighted by Gasteiger charge is 2.01. The summed E-state index contributed by atoms with van der Waals surface area (Å²) in [6, 6.07) is 13.2. The van der Waals surface area contributed by atoms with Crippen molar-refractivity contribution >= 4 is 27.5 Å². The predicted molar refractivity (Wildman–Crippen MR) is 77.8 cm³/mol. The summed E-state index contributed by atoms with van der Waals surface area (Å²) in [5.74, 6) is 0.254. The standard InChI is InChI=1S/C14H13BrClNO/c15-12-7-10(5-6-14(12)18)8-17-9-11-3-1-2-4-13(11)16/h1-7,17-18H,8-9H2. The van der Waals surface area contributed by atoms with Crippen LogP contribution in [0.2, 0.25) is 5.02 Å². The van der Waals surface area contributed by atoms with Gasteiger partial charge in [0.2, 0.25) is 0 Å². The smallest absolute Gasteiger partial charge is 0.129 e. The lowest BCUT2D eigenvalue weighted by molar-refractivity contribution is 0.471. The van der Waals surface area contributed by atoms with E-state index in [2.05, 4.69) is 21.2 Å². The molecule has 0 heterocycles. The second-order valence-corrected chi connectivity index (χ2v) is 5.24. The number of hydrogen-bond donors (Lipinski definition) is 2. The molecule has 0 bridgehead atoms. The zero-order valence-electron chi connectivity index (χ0n) is 9.66. The van der Waals surface area contributed by atoms with Crippen LogP contribution in [0.1, 0.15) is 11.1 Å². The van der Waals surface area contributed by atoms with Crippen LogP contribution in [-0.4, -0.2) is 5.11 Å². The molecule has 0 amide bonds. The van der Waals surface area contributed by atoms with Crippen molar-refractivity contribution in [3.63, 3.8) is 0 Å². The van der Waals surface area contributed by atoms with Gasteiger partial charge in [0.15, 0.2) is 0 Å². The topological polar surface area (TPSA) is 32.3 Å². The van der Waals surface area contributed by atoms with Crippen LogP contribution in [0.5, 0.6) is 5.75 Å². The maximum absolute atomic E-state index is 9.40. The van der Waals surface area contributed by atoms with Gasteiger partial charge in [-0.1, -0.05) is 35.9 Å². The zero-order valence-corrected chi connectivity index (χ0v) is 12.0. The van der Waals surface area contributed by atoms with Gasteiger partial charge in [-0.2, -0.15) is 0 Å². The van der Waals surface area contributed by atoms with Gasteiger partial charge in [-0.3, -0.25) is 0 Å². The average Bonchev–Trinajstić information content (AvgIpc) is 2.36. The number of phenolic OH excluding ortho intramolecular Hbond substituents is 1. The normalized spacial score (nSPS) is 10.6. The van der Waals surface area contributed by atoms with Crippen LogP contribution in [0.4, 0.5) is 0 Å². The van der Waals surface area contributed by atoms with E-state index in [9.17, 15) is 5.11 Å². The van der Waals surface area contributed by atoms with Gasteiger partial charge in [-0.25, -0.2) is 0 Å². The van der Waals surface area contributed by atoms with Gasteiger partial charge in [0.25, 0.3) is 0 Å². The minimum Gasteiger partial charge on any atom is -0.507 e. The predicted octanol–water partition coefficient (Wildman–Crippen LogP) is 4.10. The molecular weight excluding hydrogens is 314 g/mol. The van der Waals surface area contributed by atoms with Crippen molar-refractivity contribution in [3.05, 3.63) is 63.1 Å². The fourth-order valence-electron chi connectivity index (χ4n) is 1.64. The highest BCUT2D eigenvalue weighted by atomic mass is 79.9. The Balaban J connectivity index is 1.92. The molecule has 0 atom stereocenters. The molecule has 0 saturated heterocycles. The molecule has 2 aromatic carbocycles. The Morgan fingerprint density at radius 2 is 1.89 bits per heavy atom. The Bertz CT molecular complexity index is 545. The molecule has 2 nitrogen and oxygen atoms in total. The minimum atomic E-state index is 0.254. The maximum Gasteiger partial charge on any atom is 0.129 e. The van der Waals surface area contributed by atoms with E-state index >= 15 is 0 Å². The lowest BCUT2D eigenvalue weighted by atomic mass is 10.2. The molecule has 0 aromatic heterocycles. The summed E-state index contributed by atoms with van der Waals surface area (Å²) < 4.78 is 0.708. The third-order valence-corrected chi connectivity index (χ3v) is 3.62. The highest BCUT2D eigenvalue weighted by molar-refractivity contribution is 9.10. The van der Waals surface area contributed by atoms with Crippen LogP contribution in [0.3, 0.4) is 0 Å². The van der Waals surface area contributed by atoms with E-state index < -0.39 is 0 Å². The lowest BCUT2D eigenvalue weighted by Crippen LogP contribution is -2.12. The molecule has 0 aliphatic heterocycles. The van der Waals surface area contributed by atoms with Gasteiger partial charge in [0, 0.05) is 18.1 Å². The third-order valence-electron chi connectivity index (χ3n) is 2.61. The Labute approximate surface area is 120 Å². The van der Waals surface area contributed by atoms with E-state index in [1.54, 1.807) is 6.07 Å². The first-order valence-corrected chi connectivity index (χ1v) is 6.75. The summed E-state index contributed by atoms with van der Waals surface area (Å²) in [5.41, 5.74) is 2.18. The van der Waals surface area contributed by atoms with E-state index in [0.717, 1.165) is 29.2 Å². The minimum absolute atomic E-state index is 0.254. The van der Waals surface area contributed by atoms with Gasteiger partial charge in [-0.15, -0.1) is 0 Å². The van der Waals surface area contributed by atoms with Crippen LogP contribution in [-0.2, 0) is 13.1 Å². The van der Waals surface area contributed by atoms with Crippen LogP contribution in [0.15, 0.2) is 46.9 Å². The largest absolute Gasteiger partial charge is 0.507 e. The number of benzene rings is 2. The maximum atomic E-state index is 9.40. The quantitative estimate of drug-likeness (QED) is 0.886. The molecule has 0 aliphatic carbocycles. The Kier molecular flexibility index (Phi) is 4.64. The van der Waals surface area contributed by atoms with E-state index in [4.69, 9.17) is 11.6 Å². The van der Waals surface area contributed by atoms with Gasteiger partial charge < -0.3 is 10.4 Å². The number of hydrogen-bond acceptors (Lipinski definition) is 2. The van der Waals surface area contributed by atoms with E-state index in [1.807, 2.05) is 36.4 Å². The Morgan fingerprint density at radius 3 is 2.61 bits per heavy atom. The third kappa shape index (κ3) is 3.48. The molecule has 0 fully saturated rings. The zero-order chi connectivity index (χ0) is 13.0. The summed E-state index contributed by atoms with van der Waals surface area (Å²) in [6.45, 7) is 1.45. The van der Waals surface area contributed by atoms with Crippen molar-refractivity contribution in [3.8, 4) is 5.75 Å². The number of phenols is 1. The summed E-state index contributed by atoms with van der Waals surface area (Å²) in [5, 5.41) is 13.5. The van der Waals surface area contributed by atoms with Crippen molar-refractivity contribution in [1.82, 2.24) is 5.32 Å². The van der Waals surface area contributed by atoms with Crippen LogP contribution in [0, 0.1) is 0 Å². The molecule has 2 aromatic rings. The summed E-state index contributed by atoms with van der Waals surface area (Å²) in [7, 11) is 0. The number of aromatic hydroxyl groups is 1. The molecule has 18 heavy (non-hydrogen) atoms. The van der Waals surface area contributed by atoms with Gasteiger partial charge in [0.05, 0.1) is 4.47 Å². The van der Waals surface area contributed by atoms with E-state index in [-0.39, 0.29) is 5.75 Å². The van der Waals surface area contributed by atoms with Crippen molar-refractivity contribution in [2.45, 2.75) is 13.1 Å². The summed E-state index contributed by atoms with van der Waals surface area (Å²) in [6.07, 6.45) is 0. The number of halogens is 2. The van der Waals surface area contributed by atoms with Crippen molar-refractivity contribution in [1.29, 1.82) is 0 Å². The molecular formula is C14H13BrClNO. The van der Waals surface area contributed by atoms with Crippen LogP contribution >= 0.6 is 27.5 Å².